The van der Waals surface area contributed by atoms with Crippen molar-refractivity contribution in [2.45, 2.75) is 93.3 Å². The summed E-state index contributed by atoms with van der Waals surface area (Å²) in [4.78, 5) is 48.0. The maximum absolute atomic E-state index is 12.8. The van der Waals surface area contributed by atoms with E-state index in [0.29, 0.717) is 5.56 Å². The average Bonchev–Trinajstić information content (AvgIpc) is 3.02. The second-order valence-electron chi connectivity index (χ2n) is 11.4. The highest BCUT2D eigenvalue weighted by atomic mass is 16.7. The molecule has 0 unspecified atom stereocenters. The molecule has 0 bridgehead atoms. The number of carboxylic acids is 1. The first-order valence-corrected chi connectivity index (χ1v) is 14.9. The van der Waals surface area contributed by atoms with Crippen molar-refractivity contribution >= 4 is 30.0 Å². The monoisotopic (exact) mass is 704 g/mol. The highest BCUT2D eigenvalue weighted by Crippen LogP contribution is 2.40. The van der Waals surface area contributed by atoms with Gasteiger partial charge in [0.1, 0.15) is 49.3 Å². The van der Waals surface area contributed by atoms with E-state index in [4.69, 9.17) is 28.4 Å². The molecule has 9 N–H and O–H groups in total. The van der Waals surface area contributed by atoms with Gasteiger partial charge in [0, 0.05) is 19.8 Å². The van der Waals surface area contributed by atoms with Gasteiger partial charge >= 0.3 is 23.9 Å². The van der Waals surface area contributed by atoms with Gasteiger partial charge in [0.2, 0.25) is 12.0 Å². The number of hydrogen-bond acceptors (Lipinski definition) is 18. The fraction of sp³-hybridized carbons (Fsp3) is 0.600. The molecule has 1 aromatic rings. The number of benzene rings is 1. The summed E-state index contributed by atoms with van der Waals surface area (Å²) in [6.07, 6.45) is -14.6. The summed E-state index contributed by atoms with van der Waals surface area (Å²) in [6, 6.07) is 2.57. The van der Waals surface area contributed by atoms with E-state index in [1.807, 2.05) is 0 Å². The number of methoxy groups -OCH3 is 1. The zero-order valence-electron chi connectivity index (χ0n) is 26.4. The molecule has 2 aliphatic rings. The Balaban J connectivity index is 1.61. The number of ether oxygens (including phenoxy) is 6. The Bertz CT molecular complexity index is 1360. The van der Waals surface area contributed by atoms with Crippen molar-refractivity contribution in [2.24, 2.45) is 0 Å². The van der Waals surface area contributed by atoms with Crippen LogP contribution in [-0.2, 0) is 38.1 Å². The summed E-state index contributed by atoms with van der Waals surface area (Å²) in [5.74, 6) is -5.61. The van der Waals surface area contributed by atoms with Gasteiger partial charge in [-0.3, -0.25) is 14.4 Å². The Morgan fingerprint density at radius 1 is 1.02 bits per heavy atom. The number of aliphatic hydroxyl groups excluding tert-OH is 6. The lowest BCUT2D eigenvalue weighted by Crippen LogP contribution is -2.60. The SMILES string of the molecule is COc1cc(/C=C/COC(=O)C[C@H](CC(=O)O)OC(=O)[C@]2(O)C[C@@H](O)[C@@H](O)[C@H](OC(C)=O)C2)cc(O)c1O[C@@H]1O[C@H](CO)[C@@H](O)[C@H](O)[C@H]1O. The molecule has 1 aliphatic heterocycles. The van der Waals surface area contributed by atoms with Gasteiger partial charge in [0.05, 0.1) is 32.7 Å². The van der Waals surface area contributed by atoms with Gasteiger partial charge in [0.15, 0.2) is 17.1 Å². The number of phenols is 1. The van der Waals surface area contributed by atoms with E-state index in [1.165, 1.54) is 31.4 Å². The molecule has 19 heteroatoms. The van der Waals surface area contributed by atoms with Gasteiger partial charge in [-0.1, -0.05) is 6.08 Å². The minimum absolute atomic E-state index is 0.0623. The van der Waals surface area contributed by atoms with E-state index in [1.54, 1.807) is 0 Å². The number of hydrogen-bond donors (Lipinski definition) is 9. The number of esters is 3. The van der Waals surface area contributed by atoms with Crippen molar-refractivity contribution < 1.29 is 93.6 Å². The van der Waals surface area contributed by atoms with Crippen LogP contribution in [0, 0.1) is 0 Å². The lowest BCUT2D eigenvalue weighted by molar-refractivity contribution is -0.277. The van der Waals surface area contributed by atoms with Crippen molar-refractivity contribution in [3.05, 3.63) is 23.8 Å². The molecule has 1 saturated carbocycles. The topological polar surface area (TPSA) is 306 Å². The van der Waals surface area contributed by atoms with Crippen LogP contribution in [0.5, 0.6) is 17.2 Å². The van der Waals surface area contributed by atoms with E-state index < -0.39 is 123 Å². The molecular formula is C30H40O19. The van der Waals surface area contributed by atoms with Gasteiger partial charge < -0.3 is 74.4 Å². The number of carbonyl (C=O) groups is 4. The Kier molecular flexibility index (Phi) is 13.7. The van der Waals surface area contributed by atoms with Crippen molar-refractivity contribution in [3.8, 4) is 17.2 Å². The summed E-state index contributed by atoms with van der Waals surface area (Å²) >= 11 is 0. The number of carboxylic acid groups (broad SMARTS) is 1. The fourth-order valence-corrected chi connectivity index (χ4v) is 5.18. The molecule has 1 saturated heterocycles. The normalized spacial score (nSPS) is 30.6. The number of phenolic OH excluding ortho intramolecular Hbond substituents is 1. The van der Waals surface area contributed by atoms with Crippen molar-refractivity contribution in [3.63, 3.8) is 0 Å². The van der Waals surface area contributed by atoms with E-state index in [2.05, 4.69) is 0 Å². The summed E-state index contributed by atoms with van der Waals surface area (Å²) in [5.41, 5.74) is -2.19. The highest BCUT2D eigenvalue weighted by Gasteiger charge is 2.52. The van der Waals surface area contributed by atoms with E-state index >= 15 is 0 Å². The van der Waals surface area contributed by atoms with Crippen LogP contribution in [0.25, 0.3) is 6.08 Å². The highest BCUT2D eigenvalue weighted by molar-refractivity contribution is 5.81. The van der Waals surface area contributed by atoms with Gasteiger partial charge in [-0.2, -0.15) is 0 Å². The van der Waals surface area contributed by atoms with Crippen LogP contribution in [-0.4, -0.2) is 151 Å². The third-order valence-electron chi connectivity index (χ3n) is 7.64. The Morgan fingerprint density at radius 2 is 1.71 bits per heavy atom. The van der Waals surface area contributed by atoms with Gasteiger partial charge in [-0.25, -0.2) is 4.79 Å². The van der Waals surface area contributed by atoms with Crippen LogP contribution < -0.4 is 9.47 Å². The molecule has 3 rings (SSSR count). The maximum Gasteiger partial charge on any atom is 0.338 e. The number of rotatable bonds is 14. The number of carbonyl (C=O) groups excluding carboxylic acids is 3. The molecule has 10 atom stereocenters. The summed E-state index contributed by atoms with van der Waals surface area (Å²) in [7, 11) is 1.24. The first kappa shape index (κ1) is 39.4. The largest absolute Gasteiger partial charge is 0.504 e. The smallest absolute Gasteiger partial charge is 0.338 e. The molecule has 0 aromatic heterocycles. The Morgan fingerprint density at radius 3 is 2.33 bits per heavy atom. The number of aromatic hydroxyl groups is 1. The van der Waals surface area contributed by atoms with Crippen molar-refractivity contribution in [2.75, 3.05) is 20.3 Å². The molecule has 274 valence electrons. The third-order valence-corrected chi connectivity index (χ3v) is 7.64. The molecule has 19 nitrogen and oxygen atoms in total. The average molecular weight is 705 g/mol. The van der Waals surface area contributed by atoms with Gasteiger partial charge in [0.25, 0.3) is 0 Å². The zero-order valence-corrected chi connectivity index (χ0v) is 26.4. The van der Waals surface area contributed by atoms with Crippen LogP contribution >= 0.6 is 0 Å². The fourth-order valence-electron chi connectivity index (χ4n) is 5.18. The second-order valence-corrected chi connectivity index (χ2v) is 11.4. The molecular weight excluding hydrogens is 664 g/mol. The van der Waals surface area contributed by atoms with Crippen molar-refractivity contribution in [1.29, 1.82) is 0 Å². The molecule has 0 spiro atoms. The minimum atomic E-state index is -2.48. The molecule has 1 aromatic carbocycles. The Labute approximate surface area is 278 Å². The van der Waals surface area contributed by atoms with E-state index in [9.17, 15) is 65.1 Å². The second kappa shape index (κ2) is 17.0. The molecule has 0 radical (unpaired) electrons. The summed E-state index contributed by atoms with van der Waals surface area (Å²) in [6.45, 7) is -0.0681. The van der Waals surface area contributed by atoms with Crippen LogP contribution in [0.4, 0.5) is 0 Å². The molecule has 0 amide bonds. The van der Waals surface area contributed by atoms with Gasteiger partial charge in [-0.05, 0) is 23.8 Å². The lowest BCUT2D eigenvalue weighted by Gasteiger charge is -2.40. The first-order valence-electron chi connectivity index (χ1n) is 14.9. The standard InChI is InChI=1S/C30H40O19/c1-13(32)46-19-11-30(43,10-17(34)23(19)38)29(42)47-15(8-21(35)36)9-22(37)45-5-3-4-14-6-16(33)27(18(7-14)44-2)49-28-26(41)25(40)24(39)20(12-31)48-28/h3-4,6-7,15,17,19-20,23-26,28,31,33-34,38-41,43H,5,8-12H2,1-2H3,(H,35,36)/b4-3+/t15-,17+,19+,20+,23+,24+,25-,26+,28-,30-/m0/s1. The van der Waals surface area contributed by atoms with Crippen LogP contribution in [0.3, 0.4) is 0 Å². The summed E-state index contributed by atoms with van der Waals surface area (Å²) in [5, 5.41) is 90.3. The molecule has 1 aliphatic carbocycles. The third kappa shape index (κ3) is 10.2. The van der Waals surface area contributed by atoms with E-state index in [-0.39, 0.29) is 18.1 Å². The molecule has 49 heavy (non-hydrogen) atoms. The number of aliphatic hydroxyl groups is 7. The van der Waals surface area contributed by atoms with Crippen LogP contribution in [0.1, 0.15) is 38.2 Å². The van der Waals surface area contributed by atoms with E-state index in [0.717, 1.165) is 6.92 Å². The van der Waals surface area contributed by atoms with Crippen LogP contribution in [0.15, 0.2) is 18.2 Å². The van der Waals surface area contributed by atoms with Crippen LogP contribution in [0.2, 0.25) is 0 Å². The zero-order chi connectivity index (χ0) is 36.6. The summed E-state index contributed by atoms with van der Waals surface area (Å²) < 4.78 is 31.0. The Hall–Kier alpha value is -4.08. The lowest BCUT2D eigenvalue weighted by atomic mass is 9.79. The molecule has 1 heterocycles. The minimum Gasteiger partial charge on any atom is -0.504 e. The predicted molar refractivity (Wildman–Crippen MR) is 158 cm³/mol. The van der Waals surface area contributed by atoms with Crippen molar-refractivity contribution in [1.82, 2.24) is 0 Å². The predicted octanol–water partition coefficient (Wildman–Crippen LogP) is -2.91. The maximum atomic E-state index is 12.8. The number of aliphatic carboxylic acids is 1. The molecule has 2 fully saturated rings. The first-order chi connectivity index (χ1) is 23.0. The van der Waals surface area contributed by atoms with Gasteiger partial charge in [-0.15, -0.1) is 0 Å². The quantitative estimate of drug-likeness (QED) is 0.0692.